The average molecular weight is 306 g/mol. The molecule has 3 nitrogen and oxygen atoms in total. The molecule has 0 unspecified atom stereocenters. The lowest BCUT2D eigenvalue weighted by Crippen LogP contribution is -2.09. The minimum absolute atomic E-state index is 0.929. The quantitative estimate of drug-likeness (QED) is 0.798. The Kier molecular flexibility index (Phi) is 5.02. The van der Waals surface area contributed by atoms with Crippen LogP contribution in [0.3, 0.4) is 0 Å². The number of benzene rings is 1. The first-order valence-corrected chi connectivity index (χ1v) is 6.77. The molecule has 0 aliphatic rings. The van der Waals surface area contributed by atoms with Crippen LogP contribution in [-0.4, -0.2) is 18.1 Å². The van der Waals surface area contributed by atoms with Crippen LogP contribution >= 0.6 is 15.9 Å². The second-order valence-electron chi connectivity index (χ2n) is 3.96. The Bertz CT molecular complexity index is 473. The molecule has 0 bridgehead atoms. The molecule has 1 heterocycles. The lowest BCUT2D eigenvalue weighted by molar-refractivity contribution is 0.908. The molecule has 0 saturated carbocycles. The average Bonchev–Trinajstić information content (AvgIpc) is 2.40. The molecule has 0 saturated heterocycles. The Labute approximate surface area is 116 Å². The zero-order valence-corrected chi connectivity index (χ0v) is 11.7. The number of nitrogens with one attached hydrogen (secondary N) is 2. The van der Waals surface area contributed by atoms with E-state index in [9.17, 15) is 0 Å². The molecule has 18 heavy (non-hydrogen) atoms. The highest BCUT2D eigenvalue weighted by molar-refractivity contribution is 9.10. The molecule has 0 radical (unpaired) electrons. The molecule has 4 heteroatoms. The van der Waals surface area contributed by atoms with Gasteiger partial charge in [0.25, 0.3) is 0 Å². The summed E-state index contributed by atoms with van der Waals surface area (Å²) in [4.78, 5) is 4.11. The van der Waals surface area contributed by atoms with E-state index in [2.05, 4.69) is 43.7 Å². The van der Waals surface area contributed by atoms with E-state index < -0.39 is 0 Å². The van der Waals surface area contributed by atoms with Crippen LogP contribution < -0.4 is 10.6 Å². The lowest BCUT2D eigenvalue weighted by atomic mass is 10.3. The van der Waals surface area contributed by atoms with E-state index in [0.717, 1.165) is 29.7 Å². The van der Waals surface area contributed by atoms with Gasteiger partial charge in [-0.1, -0.05) is 18.2 Å². The maximum absolute atomic E-state index is 4.11. The van der Waals surface area contributed by atoms with Crippen molar-refractivity contribution >= 4 is 27.3 Å². The summed E-state index contributed by atoms with van der Waals surface area (Å²) in [6, 6.07) is 12.3. The second-order valence-corrected chi connectivity index (χ2v) is 4.88. The SMILES string of the molecule is Brc1cncc(NCCCNc2ccccc2)c1. The van der Waals surface area contributed by atoms with Crippen molar-refractivity contribution in [2.45, 2.75) is 6.42 Å². The van der Waals surface area contributed by atoms with Crippen LogP contribution in [0.25, 0.3) is 0 Å². The summed E-state index contributed by atoms with van der Waals surface area (Å²) in [5, 5.41) is 6.72. The molecule has 0 fully saturated rings. The van der Waals surface area contributed by atoms with Gasteiger partial charge >= 0.3 is 0 Å². The number of hydrogen-bond donors (Lipinski definition) is 2. The van der Waals surface area contributed by atoms with Gasteiger partial charge in [-0.05, 0) is 40.5 Å². The van der Waals surface area contributed by atoms with Crippen LogP contribution in [0.4, 0.5) is 11.4 Å². The van der Waals surface area contributed by atoms with Crippen LogP contribution in [0.1, 0.15) is 6.42 Å². The fourth-order valence-electron chi connectivity index (χ4n) is 1.62. The van der Waals surface area contributed by atoms with Crippen molar-refractivity contribution < 1.29 is 0 Å². The summed E-state index contributed by atoms with van der Waals surface area (Å²) >= 11 is 3.40. The zero-order valence-electron chi connectivity index (χ0n) is 10.1. The van der Waals surface area contributed by atoms with Crippen molar-refractivity contribution in [3.05, 3.63) is 53.3 Å². The van der Waals surface area contributed by atoms with Gasteiger partial charge in [-0.15, -0.1) is 0 Å². The number of para-hydroxylation sites is 1. The maximum atomic E-state index is 4.11. The van der Waals surface area contributed by atoms with Gasteiger partial charge < -0.3 is 10.6 Å². The van der Waals surface area contributed by atoms with Gasteiger partial charge in [-0.2, -0.15) is 0 Å². The molecule has 0 atom stereocenters. The van der Waals surface area contributed by atoms with Crippen LogP contribution in [0, 0.1) is 0 Å². The van der Waals surface area contributed by atoms with Crippen LogP contribution in [0.2, 0.25) is 0 Å². The first-order chi connectivity index (χ1) is 8.84. The third kappa shape index (κ3) is 4.37. The van der Waals surface area contributed by atoms with Gasteiger partial charge in [0.1, 0.15) is 0 Å². The van der Waals surface area contributed by atoms with Crippen LogP contribution in [-0.2, 0) is 0 Å². The number of nitrogens with zero attached hydrogens (tertiary/aromatic N) is 1. The number of rotatable bonds is 6. The summed E-state index contributed by atoms with van der Waals surface area (Å²) in [5.41, 5.74) is 2.21. The molecular weight excluding hydrogens is 290 g/mol. The zero-order chi connectivity index (χ0) is 12.6. The number of anilines is 2. The fraction of sp³-hybridized carbons (Fsp3) is 0.214. The number of hydrogen-bond acceptors (Lipinski definition) is 3. The van der Waals surface area contributed by atoms with E-state index >= 15 is 0 Å². The Hall–Kier alpha value is -1.55. The molecular formula is C14H16BrN3. The highest BCUT2D eigenvalue weighted by atomic mass is 79.9. The normalized spacial score (nSPS) is 10.1. The monoisotopic (exact) mass is 305 g/mol. The molecule has 1 aromatic carbocycles. The summed E-state index contributed by atoms with van der Waals surface area (Å²) in [5.74, 6) is 0. The largest absolute Gasteiger partial charge is 0.385 e. The molecule has 2 aromatic rings. The molecule has 0 aliphatic carbocycles. The molecule has 94 valence electrons. The summed E-state index contributed by atoms with van der Waals surface area (Å²) in [6.07, 6.45) is 4.67. The molecule has 2 rings (SSSR count). The highest BCUT2D eigenvalue weighted by Crippen LogP contribution is 2.13. The standard InChI is InChI=1S/C14H16BrN3/c15-12-9-14(11-16-10-12)18-8-4-7-17-13-5-2-1-3-6-13/h1-3,5-6,9-11,17-18H,4,7-8H2. The minimum atomic E-state index is 0.929. The topological polar surface area (TPSA) is 37.0 Å². The van der Waals surface area contributed by atoms with Gasteiger partial charge in [-0.3, -0.25) is 4.98 Å². The van der Waals surface area contributed by atoms with E-state index in [0.29, 0.717) is 0 Å². The third-order valence-electron chi connectivity index (χ3n) is 2.49. The maximum Gasteiger partial charge on any atom is 0.0538 e. The van der Waals surface area contributed by atoms with E-state index in [1.54, 1.807) is 6.20 Å². The summed E-state index contributed by atoms with van der Waals surface area (Å²) < 4.78 is 0.995. The molecule has 1 aromatic heterocycles. The third-order valence-corrected chi connectivity index (χ3v) is 2.92. The van der Waals surface area contributed by atoms with Gasteiger partial charge in [0.2, 0.25) is 0 Å². The van der Waals surface area contributed by atoms with Crippen molar-refractivity contribution in [2.24, 2.45) is 0 Å². The molecule has 0 aliphatic heterocycles. The predicted molar refractivity (Wildman–Crippen MR) is 80.0 cm³/mol. The van der Waals surface area contributed by atoms with Gasteiger partial charge in [0, 0.05) is 29.4 Å². The van der Waals surface area contributed by atoms with Crippen LogP contribution in [0.15, 0.2) is 53.3 Å². The van der Waals surface area contributed by atoms with Crippen molar-refractivity contribution in [3.8, 4) is 0 Å². The summed E-state index contributed by atoms with van der Waals surface area (Å²) in [7, 11) is 0. The van der Waals surface area contributed by atoms with Crippen molar-refractivity contribution in [3.63, 3.8) is 0 Å². The fourth-order valence-corrected chi connectivity index (χ4v) is 1.98. The predicted octanol–water partition coefficient (Wildman–Crippen LogP) is 3.76. The van der Waals surface area contributed by atoms with Gasteiger partial charge in [0.05, 0.1) is 11.9 Å². The van der Waals surface area contributed by atoms with Gasteiger partial charge in [-0.25, -0.2) is 0 Å². The first kappa shape index (κ1) is 12.9. The molecule has 0 spiro atoms. The Morgan fingerprint density at radius 2 is 1.67 bits per heavy atom. The molecule has 0 amide bonds. The Morgan fingerprint density at radius 1 is 0.944 bits per heavy atom. The number of halogens is 1. The Balaban J connectivity index is 1.65. The van der Waals surface area contributed by atoms with E-state index in [1.165, 1.54) is 5.69 Å². The van der Waals surface area contributed by atoms with Crippen LogP contribution in [0.5, 0.6) is 0 Å². The van der Waals surface area contributed by atoms with Crippen molar-refractivity contribution in [1.29, 1.82) is 0 Å². The van der Waals surface area contributed by atoms with E-state index in [-0.39, 0.29) is 0 Å². The minimum Gasteiger partial charge on any atom is -0.385 e. The highest BCUT2D eigenvalue weighted by Gasteiger charge is 1.94. The first-order valence-electron chi connectivity index (χ1n) is 5.98. The van der Waals surface area contributed by atoms with E-state index in [1.807, 2.05) is 30.5 Å². The Morgan fingerprint density at radius 3 is 2.39 bits per heavy atom. The lowest BCUT2D eigenvalue weighted by Gasteiger charge is -2.08. The molecule has 2 N–H and O–H groups in total. The van der Waals surface area contributed by atoms with Gasteiger partial charge in [0.15, 0.2) is 0 Å². The van der Waals surface area contributed by atoms with Crippen molar-refractivity contribution in [1.82, 2.24) is 4.98 Å². The summed E-state index contributed by atoms with van der Waals surface area (Å²) in [6.45, 7) is 1.89. The number of pyridine rings is 1. The van der Waals surface area contributed by atoms with Crippen molar-refractivity contribution in [2.75, 3.05) is 23.7 Å². The number of aromatic nitrogens is 1. The van der Waals surface area contributed by atoms with E-state index in [4.69, 9.17) is 0 Å². The smallest absolute Gasteiger partial charge is 0.0538 e. The second kappa shape index (κ2) is 7.01.